The molecule has 0 spiro atoms. The predicted octanol–water partition coefficient (Wildman–Crippen LogP) is 4.22. The molecule has 0 aromatic heterocycles. The molecule has 1 fully saturated rings. The average Bonchev–Trinajstić information content (AvgIpc) is 3.00. The summed E-state index contributed by atoms with van der Waals surface area (Å²) in [6, 6.07) is 20.2. The maximum atomic E-state index is 5.90. The van der Waals surface area contributed by atoms with E-state index in [2.05, 4.69) is 54.6 Å². The minimum absolute atomic E-state index is 0.105. The number of hydrogen-bond acceptors (Lipinski definition) is 3. The Bertz CT molecular complexity index is 1040. The Balaban J connectivity index is 1.86. The molecule has 24 heavy (non-hydrogen) atoms. The first-order chi connectivity index (χ1) is 11.8. The summed E-state index contributed by atoms with van der Waals surface area (Å²) in [5, 5.41) is 9.95. The molecule has 5 rings (SSSR count). The fraction of sp³-hybridized carbons (Fsp3) is 0.238. The Labute approximate surface area is 140 Å². The molecule has 0 saturated carbocycles. The van der Waals surface area contributed by atoms with E-state index in [-0.39, 0.29) is 12.1 Å². The van der Waals surface area contributed by atoms with Gasteiger partial charge >= 0.3 is 0 Å². The van der Waals surface area contributed by atoms with Crippen LogP contribution < -0.4 is 5.73 Å². The number of benzene rings is 4. The Morgan fingerprint density at radius 1 is 1.00 bits per heavy atom. The lowest BCUT2D eigenvalue weighted by atomic mass is 9.88. The zero-order valence-electron chi connectivity index (χ0n) is 13.7. The third-order valence-corrected chi connectivity index (χ3v) is 5.40. The summed E-state index contributed by atoms with van der Waals surface area (Å²) in [5.74, 6) is 0. The van der Waals surface area contributed by atoms with Crippen molar-refractivity contribution in [3.63, 3.8) is 0 Å². The van der Waals surface area contributed by atoms with Gasteiger partial charge in [-0.05, 0) is 50.4 Å². The van der Waals surface area contributed by atoms with Crippen LogP contribution in [0.4, 0.5) is 0 Å². The first-order valence-corrected chi connectivity index (χ1v) is 8.52. The minimum atomic E-state index is 0.105. The van der Waals surface area contributed by atoms with Gasteiger partial charge in [0.2, 0.25) is 0 Å². The second kappa shape index (κ2) is 5.15. The fourth-order valence-electron chi connectivity index (χ4n) is 4.28. The standard InChI is InChI=1S/C21H20N2O/c1-23-19(11-16(12-22)24-23)18-10-15-6-2-4-13-8-9-14-5-3-7-17(18)21(14)20(13)15/h2-10,16,19H,11-12,22H2,1H3/t16-,19-/m1/s1. The van der Waals surface area contributed by atoms with Crippen LogP contribution >= 0.6 is 0 Å². The molecule has 3 heteroatoms. The molecule has 1 saturated heterocycles. The molecule has 1 heterocycles. The van der Waals surface area contributed by atoms with Crippen molar-refractivity contribution in [2.45, 2.75) is 18.6 Å². The van der Waals surface area contributed by atoms with Crippen molar-refractivity contribution in [1.82, 2.24) is 5.06 Å². The summed E-state index contributed by atoms with van der Waals surface area (Å²) in [5.41, 5.74) is 7.17. The van der Waals surface area contributed by atoms with Gasteiger partial charge in [0, 0.05) is 13.6 Å². The van der Waals surface area contributed by atoms with Gasteiger partial charge in [0.15, 0.2) is 0 Å². The molecule has 2 N–H and O–H groups in total. The molecule has 0 amide bonds. The van der Waals surface area contributed by atoms with Gasteiger partial charge in [-0.2, -0.15) is 5.06 Å². The molecule has 3 nitrogen and oxygen atoms in total. The van der Waals surface area contributed by atoms with Crippen molar-refractivity contribution >= 4 is 32.3 Å². The Morgan fingerprint density at radius 3 is 2.46 bits per heavy atom. The maximum absolute atomic E-state index is 5.90. The van der Waals surface area contributed by atoms with E-state index in [1.807, 2.05) is 12.1 Å². The van der Waals surface area contributed by atoms with Gasteiger partial charge in [-0.25, -0.2) is 0 Å². The van der Waals surface area contributed by atoms with E-state index >= 15 is 0 Å². The number of nitrogens with two attached hydrogens (primary N) is 1. The van der Waals surface area contributed by atoms with Crippen molar-refractivity contribution in [2.24, 2.45) is 5.73 Å². The first kappa shape index (κ1) is 14.2. The van der Waals surface area contributed by atoms with E-state index in [0.29, 0.717) is 6.54 Å². The molecule has 4 aromatic carbocycles. The minimum Gasteiger partial charge on any atom is -0.328 e. The first-order valence-electron chi connectivity index (χ1n) is 8.52. The monoisotopic (exact) mass is 316 g/mol. The van der Waals surface area contributed by atoms with E-state index in [1.54, 1.807) is 0 Å². The van der Waals surface area contributed by atoms with Gasteiger partial charge in [-0.1, -0.05) is 48.5 Å². The highest BCUT2D eigenvalue weighted by molar-refractivity contribution is 6.23. The van der Waals surface area contributed by atoms with Crippen molar-refractivity contribution < 1.29 is 4.84 Å². The van der Waals surface area contributed by atoms with Crippen LogP contribution in [0, 0.1) is 0 Å². The van der Waals surface area contributed by atoms with Crippen molar-refractivity contribution in [2.75, 3.05) is 13.6 Å². The molecule has 120 valence electrons. The van der Waals surface area contributed by atoms with Gasteiger partial charge in [0.05, 0.1) is 12.1 Å². The Hall–Kier alpha value is -2.20. The zero-order valence-corrected chi connectivity index (χ0v) is 13.7. The van der Waals surface area contributed by atoms with Crippen molar-refractivity contribution in [3.05, 3.63) is 60.2 Å². The summed E-state index contributed by atoms with van der Waals surface area (Å²) in [6.07, 6.45) is 1.04. The van der Waals surface area contributed by atoms with Gasteiger partial charge in [0.1, 0.15) is 0 Å². The second-order valence-corrected chi connectivity index (χ2v) is 6.78. The van der Waals surface area contributed by atoms with Crippen LogP contribution in [0.15, 0.2) is 54.6 Å². The van der Waals surface area contributed by atoms with Gasteiger partial charge < -0.3 is 5.73 Å². The molecular weight excluding hydrogens is 296 g/mol. The topological polar surface area (TPSA) is 38.5 Å². The number of rotatable bonds is 2. The third-order valence-electron chi connectivity index (χ3n) is 5.40. The molecular formula is C21H20N2O. The smallest absolute Gasteiger partial charge is 0.0934 e. The average molecular weight is 316 g/mol. The largest absolute Gasteiger partial charge is 0.328 e. The molecule has 0 unspecified atom stereocenters. The lowest BCUT2D eigenvalue weighted by Crippen LogP contribution is -2.21. The molecule has 0 radical (unpaired) electrons. The molecule has 0 bridgehead atoms. The number of nitrogens with zero attached hydrogens (tertiary/aromatic N) is 1. The summed E-state index contributed by atoms with van der Waals surface area (Å²) in [6.45, 7) is 0.560. The Morgan fingerprint density at radius 2 is 1.71 bits per heavy atom. The quantitative estimate of drug-likeness (QED) is 0.563. The van der Waals surface area contributed by atoms with E-state index in [4.69, 9.17) is 10.6 Å². The lowest BCUT2D eigenvalue weighted by Gasteiger charge is -2.22. The van der Waals surface area contributed by atoms with Crippen LogP contribution in [-0.2, 0) is 4.84 Å². The third kappa shape index (κ3) is 1.89. The molecule has 1 aliphatic rings. The van der Waals surface area contributed by atoms with Crippen LogP contribution in [0.2, 0.25) is 0 Å². The summed E-state index contributed by atoms with van der Waals surface area (Å²) in [4.78, 5) is 5.90. The zero-order chi connectivity index (χ0) is 16.3. The molecule has 4 aromatic rings. The van der Waals surface area contributed by atoms with E-state index in [0.717, 1.165) is 6.42 Å². The summed E-state index contributed by atoms with van der Waals surface area (Å²) >= 11 is 0. The Kier molecular flexibility index (Phi) is 3.04. The van der Waals surface area contributed by atoms with Crippen LogP contribution in [0.25, 0.3) is 32.3 Å². The summed E-state index contributed by atoms with van der Waals surface area (Å²) < 4.78 is 0. The normalized spacial score (nSPS) is 22.2. The summed E-state index contributed by atoms with van der Waals surface area (Å²) in [7, 11) is 2.02. The molecule has 2 atom stereocenters. The van der Waals surface area contributed by atoms with Crippen LogP contribution in [0.5, 0.6) is 0 Å². The van der Waals surface area contributed by atoms with Crippen LogP contribution in [-0.4, -0.2) is 24.8 Å². The lowest BCUT2D eigenvalue weighted by molar-refractivity contribution is -0.140. The van der Waals surface area contributed by atoms with Crippen LogP contribution in [0.1, 0.15) is 18.0 Å². The highest BCUT2D eigenvalue weighted by Gasteiger charge is 2.32. The van der Waals surface area contributed by atoms with E-state index in [1.165, 1.54) is 37.9 Å². The predicted molar refractivity (Wildman–Crippen MR) is 99.2 cm³/mol. The van der Waals surface area contributed by atoms with Gasteiger partial charge in [-0.3, -0.25) is 4.84 Å². The van der Waals surface area contributed by atoms with E-state index < -0.39 is 0 Å². The fourth-order valence-corrected chi connectivity index (χ4v) is 4.28. The maximum Gasteiger partial charge on any atom is 0.0934 e. The molecule has 1 aliphatic heterocycles. The second-order valence-electron chi connectivity index (χ2n) is 6.78. The SMILES string of the molecule is CN1O[C@@H](CN)C[C@@H]1c1cc2cccc3ccc4cccc1c4c32. The highest BCUT2D eigenvalue weighted by atomic mass is 16.7. The van der Waals surface area contributed by atoms with Crippen molar-refractivity contribution in [1.29, 1.82) is 0 Å². The van der Waals surface area contributed by atoms with Gasteiger partial charge in [-0.15, -0.1) is 0 Å². The molecule has 0 aliphatic carbocycles. The number of hydrogen-bond donors (Lipinski definition) is 1. The van der Waals surface area contributed by atoms with Crippen molar-refractivity contribution in [3.8, 4) is 0 Å². The number of hydroxylamine groups is 2. The van der Waals surface area contributed by atoms with E-state index in [9.17, 15) is 0 Å². The van der Waals surface area contributed by atoms with Gasteiger partial charge in [0.25, 0.3) is 0 Å². The highest BCUT2D eigenvalue weighted by Crippen LogP contribution is 2.42. The van der Waals surface area contributed by atoms with Crippen LogP contribution in [0.3, 0.4) is 0 Å².